The highest BCUT2D eigenvalue weighted by molar-refractivity contribution is 5.96. The van der Waals surface area contributed by atoms with Gasteiger partial charge in [-0.15, -0.1) is 0 Å². The Hall–Kier alpha value is -1.56. The lowest BCUT2D eigenvalue weighted by molar-refractivity contribution is -0.157. The van der Waals surface area contributed by atoms with E-state index in [0.717, 1.165) is 5.56 Å². The van der Waals surface area contributed by atoms with Crippen molar-refractivity contribution in [3.8, 4) is 0 Å². The van der Waals surface area contributed by atoms with Gasteiger partial charge in [-0.3, -0.25) is 4.79 Å². The Morgan fingerprint density at radius 1 is 1.42 bits per heavy atom. The molecule has 1 unspecified atom stereocenters. The van der Waals surface area contributed by atoms with Crippen molar-refractivity contribution >= 4 is 5.91 Å². The Morgan fingerprint density at radius 2 is 2.16 bits per heavy atom. The Morgan fingerprint density at radius 3 is 2.79 bits per heavy atom. The van der Waals surface area contributed by atoms with Gasteiger partial charge in [0.1, 0.15) is 6.04 Å². The number of benzene rings is 1. The average Bonchev–Trinajstić information content (AvgIpc) is 2.35. The van der Waals surface area contributed by atoms with Crippen LogP contribution in [-0.2, 0) is 6.42 Å². The van der Waals surface area contributed by atoms with Crippen LogP contribution in [0.2, 0.25) is 0 Å². The monoisotopic (exact) mass is 272 g/mol. The van der Waals surface area contributed by atoms with E-state index in [1.165, 1.54) is 12.1 Å². The highest BCUT2D eigenvalue weighted by Gasteiger charge is 2.40. The number of amides is 1. The smallest absolute Gasteiger partial charge is 0.352 e. The highest BCUT2D eigenvalue weighted by atomic mass is 19.4. The summed E-state index contributed by atoms with van der Waals surface area (Å²) in [4.78, 5) is 11.7. The Kier molecular flexibility index (Phi) is 3.80. The van der Waals surface area contributed by atoms with Crippen LogP contribution in [0.3, 0.4) is 0 Å². The molecule has 0 spiro atoms. The molecule has 0 saturated heterocycles. The van der Waals surface area contributed by atoms with Crippen molar-refractivity contribution in [2.24, 2.45) is 0 Å². The van der Waals surface area contributed by atoms with Gasteiger partial charge in [0.05, 0.1) is 0 Å². The first-order valence-corrected chi connectivity index (χ1v) is 6.14. The summed E-state index contributed by atoms with van der Waals surface area (Å²) in [5.41, 5.74) is 1.21. The third-order valence-corrected chi connectivity index (χ3v) is 3.13. The molecule has 0 fully saturated rings. The quantitative estimate of drug-likeness (QED) is 0.885. The first kappa shape index (κ1) is 13.9. The topological polar surface area (TPSA) is 41.1 Å². The van der Waals surface area contributed by atoms with Crippen molar-refractivity contribution in [3.63, 3.8) is 0 Å². The van der Waals surface area contributed by atoms with E-state index in [0.29, 0.717) is 18.5 Å². The second kappa shape index (κ2) is 5.21. The molecule has 2 N–H and O–H groups in total. The van der Waals surface area contributed by atoms with Crippen molar-refractivity contribution in [1.82, 2.24) is 10.6 Å². The summed E-state index contributed by atoms with van der Waals surface area (Å²) in [6.45, 7) is 2.35. The molecule has 1 aromatic rings. The molecule has 3 nitrogen and oxygen atoms in total. The molecule has 6 heteroatoms. The highest BCUT2D eigenvalue weighted by Crippen LogP contribution is 2.33. The minimum atomic E-state index is -4.38. The molecule has 0 bridgehead atoms. The van der Waals surface area contributed by atoms with Gasteiger partial charge in [0.15, 0.2) is 0 Å². The molecule has 2 rings (SSSR count). The molecule has 104 valence electrons. The average molecular weight is 272 g/mol. The number of halogens is 3. The summed E-state index contributed by atoms with van der Waals surface area (Å²) in [6, 6.07) is 2.65. The van der Waals surface area contributed by atoms with Gasteiger partial charge in [-0.2, -0.15) is 13.2 Å². The largest absolute Gasteiger partial charge is 0.407 e. The van der Waals surface area contributed by atoms with Crippen molar-refractivity contribution in [3.05, 3.63) is 34.9 Å². The summed E-state index contributed by atoms with van der Waals surface area (Å²) in [6.07, 6.45) is -3.73. The molecular weight excluding hydrogens is 257 g/mol. The van der Waals surface area contributed by atoms with Crippen LogP contribution in [0, 0.1) is 0 Å². The standard InChI is InChI=1S/C13H15F3N2O/c1-2-17-11(13(14,15)16)9-4-3-8-5-6-18-12(19)10(8)7-9/h3-4,7,11,17H,2,5-6H2,1H3,(H,18,19). The van der Waals surface area contributed by atoms with E-state index in [4.69, 9.17) is 0 Å². The molecule has 1 amide bonds. The van der Waals surface area contributed by atoms with Crippen molar-refractivity contribution in [2.75, 3.05) is 13.1 Å². The zero-order valence-corrected chi connectivity index (χ0v) is 10.5. The Labute approximate surface area is 109 Å². The van der Waals surface area contributed by atoms with Crippen molar-refractivity contribution < 1.29 is 18.0 Å². The number of alkyl halides is 3. The van der Waals surface area contributed by atoms with Crippen molar-refractivity contribution in [1.29, 1.82) is 0 Å². The summed E-state index contributed by atoms with van der Waals surface area (Å²) >= 11 is 0. The van der Waals surface area contributed by atoms with E-state index in [-0.39, 0.29) is 18.0 Å². The van der Waals surface area contributed by atoms with Crippen LogP contribution >= 0.6 is 0 Å². The van der Waals surface area contributed by atoms with Crippen LogP contribution in [-0.4, -0.2) is 25.2 Å². The Bertz CT molecular complexity index is 485. The number of fused-ring (bicyclic) bond motifs is 1. The fraction of sp³-hybridized carbons (Fsp3) is 0.462. The van der Waals surface area contributed by atoms with Gasteiger partial charge >= 0.3 is 6.18 Å². The molecule has 0 radical (unpaired) electrons. The van der Waals surface area contributed by atoms with Crippen LogP contribution < -0.4 is 10.6 Å². The second-order valence-corrected chi connectivity index (χ2v) is 4.45. The van der Waals surface area contributed by atoms with Crippen LogP contribution in [0.5, 0.6) is 0 Å². The summed E-state index contributed by atoms with van der Waals surface area (Å²) in [5.74, 6) is -0.305. The van der Waals surface area contributed by atoms with Gasteiger partial charge in [-0.25, -0.2) is 0 Å². The number of carbonyl (C=O) groups is 1. The zero-order chi connectivity index (χ0) is 14.0. The number of nitrogens with one attached hydrogen (secondary N) is 2. The Balaban J connectivity index is 2.39. The summed E-state index contributed by atoms with van der Waals surface area (Å²) < 4.78 is 38.9. The normalized spacial score (nSPS) is 16.7. The lowest BCUT2D eigenvalue weighted by atomic mass is 9.95. The fourth-order valence-corrected chi connectivity index (χ4v) is 2.24. The number of hydrogen-bond acceptors (Lipinski definition) is 2. The maximum absolute atomic E-state index is 13.0. The SMILES string of the molecule is CCNC(c1ccc2c(c1)C(=O)NCC2)C(F)(F)F. The molecule has 0 saturated carbocycles. The maximum atomic E-state index is 13.0. The second-order valence-electron chi connectivity index (χ2n) is 4.45. The fourth-order valence-electron chi connectivity index (χ4n) is 2.24. The molecule has 0 aromatic heterocycles. The summed E-state index contributed by atoms with van der Waals surface area (Å²) in [7, 11) is 0. The first-order valence-electron chi connectivity index (χ1n) is 6.14. The lowest BCUT2D eigenvalue weighted by Crippen LogP contribution is -2.35. The molecule has 19 heavy (non-hydrogen) atoms. The summed E-state index contributed by atoms with van der Waals surface area (Å²) in [5, 5.41) is 5.04. The molecule has 1 atom stereocenters. The molecule has 1 aromatic carbocycles. The van der Waals surface area contributed by atoms with Gasteiger partial charge in [0, 0.05) is 12.1 Å². The van der Waals surface area contributed by atoms with E-state index >= 15 is 0 Å². The lowest BCUT2D eigenvalue weighted by Gasteiger charge is -2.24. The minimum absolute atomic E-state index is 0.0742. The third kappa shape index (κ3) is 2.89. The number of rotatable bonds is 3. The van der Waals surface area contributed by atoms with Crippen LogP contribution in [0.25, 0.3) is 0 Å². The predicted molar refractivity (Wildman–Crippen MR) is 65.0 cm³/mol. The number of hydrogen-bond donors (Lipinski definition) is 2. The molecule has 1 heterocycles. The van der Waals surface area contributed by atoms with Gasteiger partial charge in [0.2, 0.25) is 0 Å². The molecule has 1 aliphatic rings. The van der Waals surface area contributed by atoms with Crippen LogP contribution in [0.1, 0.15) is 34.5 Å². The third-order valence-electron chi connectivity index (χ3n) is 3.13. The van der Waals surface area contributed by atoms with Gasteiger partial charge in [0.25, 0.3) is 5.91 Å². The predicted octanol–water partition coefficient (Wildman–Crippen LogP) is 2.19. The van der Waals surface area contributed by atoms with Gasteiger partial charge in [-0.1, -0.05) is 19.1 Å². The van der Waals surface area contributed by atoms with Crippen LogP contribution in [0.4, 0.5) is 13.2 Å². The van der Waals surface area contributed by atoms with Crippen LogP contribution in [0.15, 0.2) is 18.2 Å². The van der Waals surface area contributed by atoms with Gasteiger partial charge in [-0.05, 0) is 30.2 Å². The van der Waals surface area contributed by atoms with Crippen molar-refractivity contribution in [2.45, 2.75) is 25.6 Å². The maximum Gasteiger partial charge on any atom is 0.407 e. The van der Waals surface area contributed by atoms with E-state index in [1.54, 1.807) is 13.0 Å². The first-order chi connectivity index (χ1) is 8.93. The van der Waals surface area contributed by atoms with E-state index in [9.17, 15) is 18.0 Å². The van der Waals surface area contributed by atoms with Gasteiger partial charge < -0.3 is 10.6 Å². The zero-order valence-electron chi connectivity index (χ0n) is 10.5. The van der Waals surface area contributed by atoms with E-state index < -0.39 is 12.2 Å². The molecule has 0 aliphatic carbocycles. The molecule has 1 aliphatic heterocycles. The molecular formula is C13H15F3N2O. The van der Waals surface area contributed by atoms with E-state index in [1.807, 2.05) is 0 Å². The van der Waals surface area contributed by atoms with E-state index in [2.05, 4.69) is 10.6 Å². The number of carbonyl (C=O) groups excluding carboxylic acids is 1. The minimum Gasteiger partial charge on any atom is -0.352 e.